The van der Waals surface area contributed by atoms with Gasteiger partial charge >= 0.3 is 0 Å². The van der Waals surface area contributed by atoms with E-state index in [2.05, 4.69) is 31.9 Å². The van der Waals surface area contributed by atoms with Gasteiger partial charge in [0, 0.05) is 15.5 Å². The molecule has 0 aromatic heterocycles. The van der Waals surface area contributed by atoms with Gasteiger partial charge in [-0.3, -0.25) is 4.79 Å². The Hall–Kier alpha value is -0.440. The highest BCUT2D eigenvalue weighted by Gasteiger charge is 2.27. The molecule has 0 atom stereocenters. The molecular weight excluding hydrogens is 400 g/mol. The summed E-state index contributed by atoms with van der Waals surface area (Å²) in [6.45, 7) is 3.34. The first kappa shape index (κ1) is 16.6. The molecule has 0 heterocycles. The number of benzene rings is 1. The first-order valence-electron chi connectivity index (χ1n) is 5.44. The number of rotatable bonds is 5. The van der Waals surface area contributed by atoms with Crippen molar-refractivity contribution in [2.24, 2.45) is 5.73 Å². The fourth-order valence-electron chi connectivity index (χ4n) is 1.51. The summed E-state index contributed by atoms with van der Waals surface area (Å²) in [5.41, 5.74) is 5.98. The van der Waals surface area contributed by atoms with Crippen molar-refractivity contribution in [3.05, 3.63) is 26.6 Å². The summed E-state index contributed by atoms with van der Waals surface area (Å²) < 4.78 is 27.1. The number of likely N-dealkylation sites (N-methyl/N-ethyl adjacent to an activating group) is 1. The standard InChI is InChI=1S/C11H14Br2N2O3S/c1-3-15(6-11(14)16)19(17,18)10-5-8(12)7(2)4-9(10)13/h4-5H,3,6H2,1-2H3,(H2,14,16). The predicted molar refractivity (Wildman–Crippen MR) is 80.2 cm³/mol. The van der Waals surface area contributed by atoms with Crippen LogP contribution in [0.15, 0.2) is 26.0 Å². The lowest BCUT2D eigenvalue weighted by atomic mass is 10.2. The van der Waals surface area contributed by atoms with Crippen LogP contribution in [0.1, 0.15) is 12.5 Å². The van der Waals surface area contributed by atoms with E-state index in [-0.39, 0.29) is 18.0 Å². The molecule has 8 heteroatoms. The van der Waals surface area contributed by atoms with Crippen LogP contribution in [-0.4, -0.2) is 31.7 Å². The average Bonchev–Trinajstić information content (AvgIpc) is 2.30. The van der Waals surface area contributed by atoms with Crippen LogP contribution in [0.2, 0.25) is 0 Å². The molecule has 0 fully saturated rings. The molecule has 0 bridgehead atoms. The number of aryl methyl sites for hydroxylation is 1. The van der Waals surface area contributed by atoms with Crippen LogP contribution in [0.25, 0.3) is 0 Å². The van der Waals surface area contributed by atoms with Gasteiger partial charge in [0.1, 0.15) is 0 Å². The molecule has 1 aromatic carbocycles. The summed E-state index contributed by atoms with van der Waals surface area (Å²) in [6, 6.07) is 3.22. The summed E-state index contributed by atoms with van der Waals surface area (Å²) in [5, 5.41) is 0. The number of hydrogen-bond acceptors (Lipinski definition) is 3. The van der Waals surface area contributed by atoms with Crippen LogP contribution in [0, 0.1) is 6.92 Å². The van der Waals surface area contributed by atoms with Gasteiger partial charge in [-0.05, 0) is 40.5 Å². The van der Waals surface area contributed by atoms with Gasteiger partial charge in [-0.2, -0.15) is 4.31 Å². The van der Waals surface area contributed by atoms with E-state index in [1.807, 2.05) is 6.92 Å². The van der Waals surface area contributed by atoms with Crippen LogP contribution in [-0.2, 0) is 14.8 Å². The van der Waals surface area contributed by atoms with Gasteiger partial charge < -0.3 is 5.73 Å². The fraction of sp³-hybridized carbons (Fsp3) is 0.364. The molecule has 19 heavy (non-hydrogen) atoms. The van der Waals surface area contributed by atoms with Crippen molar-refractivity contribution in [2.45, 2.75) is 18.7 Å². The van der Waals surface area contributed by atoms with Crippen molar-refractivity contribution >= 4 is 47.8 Å². The molecule has 2 N–H and O–H groups in total. The lowest BCUT2D eigenvalue weighted by molar-refractivity contribution is -0.118. The van der Waals surface area contributed by atoms with Crippen LogP contribution >= 0.6 is 31.9 Å². The zero-order valence-electron chi connectivity index (χ0n) is 10.5. The Balaban J connectivity index is 3.33. The van der Waals surface area contributed by atoms with Crippen molar-refractivity contribution in [1.29, 1.82) is 0 Å². The van der Waals surface area contributed by atoms with Crippen molar-refractivity contribution in [1.82, 2.24) is 4.31 Å². The molecule has 1 rings (SSSR count). The van der Waals surface area contributed by atoms with Crippen LogP contribution in [0.5, 0.6) is 0 Å². The molecule has 1 amide bonds. The third-order valence-electron chi connectivity index (χ3n) is 2.52. The summed E-state index contributed by atoms with van der Waals surface area (Å²) in [4.78, 5) is 11.1. The Kier molecular flexibility index (Phi) is 5.54. The molecule has 0 aliphatic heterocycles. The van der Waals surface area contributed by atoms with Crippen molar-refractivity contribution in [3.8, 4) is 0 Å². The average molecular weight is 414 g/mol. The fourth-order valence-corrected chi connectivity index (χ4v) is 4.56. The maximum absolute atomic E-state index is 12.5. The van der Waals surface area contributed by atoms with E-state index in [4.69, 9.17) is 5.73 Å². The largest absolute Gasteiger partial charge is 0.369 e. The monoisotopic (exact) mass is 412 g/mol. The molecule has 106 valence electrons. The summed E-state index contributed by atoms with van der Waals surface area (Å²) in [7, 11) is -3.76. The maximum Gasteiger partial charge on any atom is 0.244 e. The van der Waals surface area contributed by atoms with Crippen LogP contribution in [0.4, 0.5) is 0 Å². The number of primary amides is 1. The van der Waals surface area contributed by atoms with E-state index in [1.165, 1.54) is 6.07 Å². The topological polar surface area (TPSA) is 80.5 Å². The SMILES string of the molecule is CCN(CC(N)=O)S(=O)(=O)c1cc(Br)c(C)cc1Br. The summed E-state index contributed by atoms with van der Waals surface area (Å²) in [5.74, 6) is -0.687. The Morgan fingerprint density at radius 3 is 2.37 bits per heavy atom. The molecular formula is C11H14Br2N2O3S. The van der Waals surface area contributed by atoms with Crippen LogP contribution < -0.4 is 5.73 Å². The van der Waals surface area contributed by atoms with Gasteiger partial charge in [-0.15, -0.1) is 0 Å². The van der Waals surface area contributed by atoms with E-state index in [0.29, 0.717) is 8.95 Å². The smallest absolute Gasteiger partial charge is 0.244 e. The van der Waals surface area contributed by atoms with Crippen molar-refractivity contribution < 1.29 is 13.2 Å². The molecule has 0 radical (unpaired) electrons. The van der Waals surface area contributed by atoms with Gasteiger partial charge in [0.2, 0.25) is 15.9 Å². The van der Waals surface area contributed by atoms with E-state index < -0.39 is 15.9 Å². The van der Waals surface area contributed by atoms with Crippen molar-refractivity contribution in [2.75, 3.05) is 13.1 Å². The number of carbonyl (C=O) groups excluding carboxylic acids is 1. The minimum atomic E-state index is -3.76. The first-order chi connectivity index (χ1) is 8.70. The van der Waals surface area contributed by atoms with Gasteiger partial charge in [-0.25, -0.2) is 8.42 Å². The Morgan fingerprint density at radius 2 is 1.89 bits per heavy atom. The Bertz CT molecular complexity index is 602. The molecule has 0 saturated heterocycles. The second-order valence-electron chi connectivity index (χ2n) is 3.93. The zero-order chi connectivity index (χ0) is 14.8. The van der Waals surface area contributed by atoms with Gasteiger partial charge in [0.15, 0.2) is 0 Å². The molecule has 0 aliphatic carbocycles. The molecule has 5 nitrogen and oxygen atoms in total. The highest BCUT2D eigenvalue weighted by Crippen LogP contribution is 2.30. The Labute approximate surface area is 129 Å². The van der Waals surface area contributed by atoms with Gasteiger partial charge in [0.05, 0.1) is 11.4 Å². The maximum atomic E-state index is 12.5. The van der Waals surface area contributed by atoms with E-state index >= 15 is 0 Å². The molecule has 0 aliphatic rings. The second kappa shape index (κ2) is 6.34. The predicted octanol–water partition coefficient (Wildman–Crippen LogP) is 2.02. The molecule has 0 unspecified atom stereocenters. The second-order valence-corrected chi connectivity index (χ2v) is 7.54. The summed E-state index contributed by atoms with van der Waals surface area (Å²) in [6.07, 6.45) is 0. The van der Waals surface area contributed by atoms with E-state index in [0.717, 1.165) is 9.87 Å². The number of halogens is 2. The molecule has 0 spiro atoms. The van der Waals surface area contributed by atoms with E-state index in [1.54, 1.807) is 13.0 Å². The first-order valence-corrected chi connectivity index (χ1v) is 8.46. The number of carbonyl (C=O) groups is 1. The molecule has 0 saturated carbocycles. The lowest BCUT2D eigenvalue weighted by Crippen LogP contribution is -2.38. The highest BCUT2D eigenvalue weighted by atomic mass is 79.9. The van der Waals surface area contributed by atoms with Crippen molar-refractivity contribution in [3.63, 3.8) is 0 Å². The minimum absolute atomic E-state index is 0.105. The van der Waals surface area contributed by atoms with Gasteiger partial charge in [-0.1, -0.05) is 22.9 Å². The van der Waals surface area contributed by atoms with Gasteiger partial charge in [0.25, 0.3) is 0 Å². The number of nitrogens with zero attached hydrogens (tertiary/aromatic N) is 1. The number of hydrogen-bond donors (Lipinski definition) is 1. The number of sulfonamides is 1. The number of nitrogens with two attached hydrogens (primary N) is 1. The quantitative estimate of drug-likeness (QED) is 0.801. The van der Waals surface area contributed by atoms with Crippen LogP contribution in [0.3, 0.4) is 0 Å². The zero-order valence-corrected chi connectivity index (χ0v) is 14.5. The minimum Gasteiger partial charge on any atom is -0.369 e. The molecule has 1 aromatic rings. The normalized spacial score (nSPS) is 11.8. The Morgan fingerprint density at radius 1 is 1.32 bits per heavy atom. The lowest BCUT2D eigenvalue weighted by Gasteiger charge is -2.20. The summed E-state index contributed by atoms with van der Waals surface area (Å²) >= 11 is 6.54. The number of amides is 1. The highest BCUT2D eigenvalue weighted by molar-refractivity contribution is 9.11. The van der Waals surface area contributed by atoms with E-state index in [9.17, 15) is 13.2 Å². The third-order valence-corrected chi connectivity index (χ3v) is 6.25. The third kappa shape index (κ3) is 3.77.